The Hall–Kier alpha value is -1.13. The largest absolute Gasteiger partial charge is 0.481 e. The fourth-order valence-corrected chi connectivity index (χ4v) is 2.88. The van der Waals surface area contributed by atoms with Gasteiger partial charge in [0.15, 0.2) is 0 Å². The number of piperidine rings is 1. The smallest absolute Gasteiger partial charge is 0.213 e. The number of methoxy groups -OCH3 is 1. The van der Waals surface area contributed by atoms with Crippen molar-refractivity contribution in [2.45, 2.75) is 51.7 Å². The maximum absolute atomic E-state index is 5.19. The van der Waals surface area contributed by atoms with Crippen molar-refractivity contribution in [1.29, 1.82) is 0 Å². The molecule has 1 saturated heterocycles. The van der Waals surface area contributed by atoms with Crippen molar-refractivity contribution < 1.29 is 4.74 Å². The van der Waals surface area contributed by atoms with Crippen LogP contribution in [0.3, 0.4) is 0 Å². The lowest BCUT2D eigenvalue weighted by molar-refractivity contribution is 0.128. The van der Waals surface area contributed by atoms with Crippen molar-refractivity contribution in [2.24, 2.45) is 0 Å². The van der Waals surface area contributed by atoms with Gasteiger partial charge in [0.2, 0.25) is 5.88 Å². The number of hydrogen-bond acceptors (Lipinski definition) is 4. The highest BCUT2D eigenvalue weighted by Crippen LogP contribution is 2.20. The summed E-state index contributed by atoms with van der Waals surface area (Å²) in [5, 5.41) is 3.65. The molecule has 0 amide bonds. The number of hydrogen-bond donors (Lipinski definition) is 1. The molecular formula is C16H27N3O. The molecule has 0 aliphatic carbocycles. The first kappa shape index (κ1) is 15.3. The van der Waals surface area contributed by atoms with Crippen LogP contribution in [0.4, 0.5) is 0 Å². The topological polar surface area (TPSA) is 37.4 Å². The molecule has 0 bridgehead atoms. The quantitative estimate of drug-likeness (QED) is 0.866. The van der Waals surface area contributed by atoms with Crippen molar-refractivity contribution >= 4 is 0 Å². The molecular weight excluding hydrogens is 250 g/mol. The van der Waals surface area contributed by atoms with Crippen molar-refractivity contribution in [1.82, 2.24) is 15.2 Å². The van der Waals surface area contributed by atoms with Crippen LogP contribution in [0.25, 0.3) is 0 Å². The highest BCUT2D eigenvalue weighted by atomic mass is 16.5. The average molecular weight is 277 g/mol. The van der Waals surface area contributed by atoms with E-state index in [1.165, 1.54) is 24.8 Å². The predicted octanol–water partition coefficient (Wildman–Crippen LogP) is 2.44. The van der Waals surface area contributed by atoms with E-state index in [1.54, 1.807) is 7.11 Å². The van der Waals surface area contributed by atoms with Crippen molar-refractivity contribution in [3.05, 3.63) is 23.9 Å². The molecule has 2 unspecified atom stereocenters. The number of pyridine rings is 1. The predicted molar refractivity (Wildman–Crippen MR) is 82.0 cm³/mol. The maximum Gasteiger partial charge on any atom is 0.213 e. The van der Waals surface area contributed by atoms with Gasteiger partial charge >= 0.3 is 0 Å². The minimum absolute atomic E-state index is 0.622. The summed E-state index contributed by atoms with van der Waals surface area (Å²) in [4.78, 5) is 6.72. The van der Waals surface area contributed by atoms with Crippen molar-refractivity contribution in [2.75, 3.05) is 20.2 Å². The molecule has 0 spiro atoms. The number of nitrogens with zero attached hydrogens (tertiary/aromatic N) is 2. The Morgan fingerprint density at radius 1 is 1.50 bits per heavy atom. The van der Waals surface area contributed by atoms with Crippen LogP contribution in [0.2, 0.25) is 0 Å². The van der Waals surface area contributed by atoms with Gasteiger partial charge in [0, 0.05) is 37.4 Å². The van der Waals surface area contributed by atoms with Gasteiger partial charge in [-0.3, -0.25) is 4.90 Å². The zero-order valence-electron chi connectivity index (χ0n) is 12.9. The fraction of sp³-hybridized carbons (Fsp3) is 0.688. The van der Waals surface area contributed by atoms with Gasteiger partial charge in [0.05, 0.1) is 7.11 Å². The third-order valence-electron chi connectivity index (χ3n) is 4.09. The van der Waals surface area contributed by atoms with E-state index in [4.69, 9.17) is 4.74 Å². The van der Waals surface area contributed by atoms with Crippen molar-refractivity contribution in [3.63, 3.8) is 0 Å². The van der Waals surface area contributed by atoms with Crippen LogP contribution < -0.4 is 10.1 Å². The lowest BCUT2D eigenvalue weighted by Crippen LogP contribution is -2.47. The zero-order valence-corrected chi connectivity index (χ0v) is 12.9. The van der Waals surface area contributed by atoms with Crippen LogP contribution in [0.15, 0.2) is 18.3 Å². The van der Waals surface area contributed by atoms with E-state index in [-0.39, 0.29) is 0 Å². The third-order valence-corrected chi connectivity index (χ3v) is 4.09. The van der Waals surface area contributed by atoms with Crippen molar-refractivity contribution in [3.8, 4) is 5.88 Å². The summed E-state index contributed by atoms with van der Waals surface area (Å²) in [6, 6.07) is 5.43. The van der Waals surface area contributed by atoms with Gasteiger partial charge in [-0.2, -0.15) is 0 Å². The van der Waals surface area contributed by atoms with Crippen LogP contribution in [0.5, 0.6) is 5.88 Å². The molecule has 20 heavy (non-hydrogen) atoms. The van der Waals surface area contributed by atoms with E-state index in [1.807, 2.05) is 12.3 Å². The molecule has 4 heteroatoms. The van der Waals surface area contributed by atoms with E-state index >= 15 is 0 Å². The molecule has 1 aliphatic heterocycles. The van der Waals surface area contributed by atoms with Crippen LogP contribution in [0, 0.1) is 0 Å². The zero-order chi connectivity index (χ0) is 14.4. The Kier molecular flexibility index (Phi) is 5.80. The molecule has 112 valence electrons. The summed E-state index contributed by atoms with van der Waals surface area (Å²) < 4.78 is 5.19. The minimum Gasteiger partial charge on any atom is -0.481 e. The Morgan fingerprint density at radius 3 is 3.05 bits per heavy atom. The van der Waals surface area contributed by atoms with Crippen LogP contribution >= 0.6 is 0 Å². The Balaban J connectivity index is 1.87. The molecule has 1 N–H and O–H groups in total. The molecule has 2 heterocycles. The van der Waals surface area contributed by atoms with Crippen LogP contribution in [-0.4, -0.2) is 42.2 Å². The number of likely N-dealkylation sites (tertiary alicyclic amines) is 1. The lowest BCUT2D eigenvalue weighted by Gasteiger charge is -2.38. The SMILES string of the molecule is CCCNC1CCN(Cc2ccnc(OC)c2)C(C)C1. The lowest BCUT2D eigenvalue weighted by atomic mass is 9.97. The fourth-order valence-electron chi connectivity index (χ4n) is 2.88. The summed E-state index contributed by atoms with van der Waals surface area (Å²) >= 11 is 0. The first-order valence-corrected chi connectivity index (χ1v) is 7.69. The van der Waals surface area contributed by atoms with E-state index in [9.17, 15) is 0 Å². The second kappa shape index (κ2) is 7.60. The maximum atomic E-state index is 5.19. The molecule has 0 radical (unpaired) electrons. The second-order valence-electron chi connectivity index (χ2n) is 5.70. The Morgan fingerprint density at radius 2 is 2.35 bits per heavy atom. The van der Waals surface area contributed by atoms with Gasteiger partial charge in [0.1, 0.15) is 0 Å². The molecule has 2 atom stereocenters. The van der Waals surface area contributed by atoms with Crippen LogP contribution in [-0.2, 0) is 6.54 Å². The van der Waals surface area contributed by atoms with E-state index in [0.29, 0.717) is 18.0 Å². The van der Waals surface area contributed by atoms with Gasteiger partial charge in [-0.1, -0.05) is 6.92 Å². The minimum atomic E-state index is 0.622. The van der Waals surface area contributed by atoms with Gasteiger partial charge in [0.25, 0.3) is 0 Å². The molecule has 1 aliphatic rings. The summed E-state index contributed by atoms with van der Waals surface area (Å²) in [5.41, 5.74) is 1.28. The third kappa shape index (κ3) is 4.18. The van der Waals surface area contributed by atoms with Gasteiger partial charge in [-0.05, 0) is 44.4 Å². The monoisotopic (exact) mass is 277 g/mol. The Labute approximate surface area is 122 Å². The van der Waals surface area contributed by atoms with E-state index in [2.05, 4.69) is 35.1 Å². The first-order chi connectivity index (χ1) is 9.72. The first-order valence-electron chi connectivity index (χ1n) is 7.69. The molecule has 1 aromatic rings. The standard InChI is InChI=1S/C16H27N3O/c1-4-7-17-15-6-9-19(13(2)10-15)12-14-5-8-18-16(11-14)20-3/h5,8,11,13,15,17H,4,6-7,9-10,12H2,1-3H3. The number of rotatable bonds is 6. The highest BCUT2D eigenvalue weighted by Gasteiger charge is 2.24. The van der Waals surface area contributed by atoms with Gasteiger partial charge < -0.3 is 10.1 Å². The van der Waals surface area contributed by atoms with E-state index in [0.717, 1.165) is 19.6 Å². The molecule has 4 nitrogen and oxygen atoms in total. The van der Waals surface area contributed by atoms with Crippen LogP contribution in [0.1, 0.15) is 38.7 Å². The highest BCUT2D eigenvalue weighted by molar-refractivity contribution is 5.20. The Bertz CT molecular complexity index is 410. The summed E-state index contributed by atoms with van der Waals surface area (Å²) in [6.07, 6.45) is 5.52. The molecule has 2 rings (SSSR count). The summed E-state index contributed by atoms with van der Waals surface area (Å²) in [5.74, 6) is 0.703. The summed E-state index contributed by atoms with van der Waals surface area (Å²) in [6.45, 7) is 7.84. The number of ether oxygens (including phenoxy) is 1. The molecule has 1 fully saturated rings. The molecule has 0 aromatic carbocycles. The van der Waals surface area contributed by atoms with Gasteiger partial charge in [-0.15, -0.1) is 0 Å². The summed E-state index contributed by atoms with van der Waals surface area (Å²) in [7, 11) is 1.67. The number of aromatic nitrogens is 1. The average Bonchev–Trinajstić information content (AvgIpc) is 2.48. The number of nitrogens with one attached hydrogen (secondary N) is 1. The second-order valence-corrected chi connectivity index (χ2v) is 5.70. The molecule has 1 aromatic heterocycles. The van der Waals surface area contributed by atoms with E-state index < -0.39 is 0 Å². The normalized spacial score (nSPS) is 23.8. The van der Waals surface area contributed by atoms with Gasteiger partial charge in [-0.25, -0.2) is 4.98 Å². The molecule has 0 saturated carbocycles.